The lowest BCUT2D eigenvalue weighted by atomic mass is 10.1. The molecular weight excluding hydrogens is 178 g/mol. The molecule has 2 rings (SSSR count). The van der Waals surface area contributed by atoms with Crippen LogP contribution in [-0.4, -0.2) is 28.3 Å². The fourth-order valence-corrected chi connectivity index (χ4v) is 2.04. The summed E-state index contributed by atoms with van der Waals surface area (Å²) in [6.45, 7) is 6.00. The van der Waals surface area contributed by atoms with Gasteiger partial charge in [-0.25, -0.2) is 0 Å². The van der Waals surface area contributed by atoms with E-state index in [1.54, 1.807) is 0 Å². The number of nitrogens with one attached hydrogen (secondary N) is 1. The van der Waals surface area contributed by atoms with Gasteiger partial charge in [0.1, 0.15) is 0 Å². The largest absolute Gasteiger partial charge is 0.301 e. The molecule has 1 aliphatic heterocycles. The Balaban J connectivity index is 2.49. The molecule has 1 aliphatic rings. The number of rotatable bonds is 1. The molecule has 0 unspecified atom stereocenters. The van der Waals surface area contributed by atoms with Gasteiger partial charge in [-0.2, -0.15) is 0 Å². The summed E-state index contributed by atoms with van der Waals surface area (Å²) in [5.41, 5.74) is 2.23. The van der Waals surface area contributed by atoms with Crippen molar-refractivity contribution in [2.24, 2.45) is 0 Å². The molecule has 14 heavy (non-hydrogen) atoms. The summed E-state index contributed by atoms with van der Waals surface area (Å²) in [6.07, 6.45) is 0.975. The van der Waals surface area contributed by atoms with Gasteiger partial charge in [-0.15, -0.1) is 0 Å². The highest BCUT2D eigenvalue weighted by Crippen LogP contribution is 2.17. The quantitative estimate of drug-likeness (QED) is 0.718. The maximum atomic E-state index is 11.6. The van der Waals surface area contributed by atoms with Crippen molar-refractivity contribution < 1.29 is 0 Å². The number of aromatic nitrogens is 2. The first-order valence-electron chi connectivity index (χ1n) is 5.10. The zero-order valence-corrected chi connectivity index (χ0v) is 9.00. The predicted octanol–water partition coefficient (Wildman–Crippen LogP) is 0.745. The first kappa shape index (κ1) is 9.52. The summed E-state index contributed by atoms with van der Waals surface area (Å²) in [5.74, 6) is 0. The molecule has 1 aromatic heterocycles. The Morgan fingerprint density at radius 2 is 2.14 bits per heavy atom. The van der Waals surface area contributed by atoms with E-state index < -0.39 is 0 Å². The third-order valence-corrected chi connectivity index (χ3v) is 2.81. The minimum atomic E-state index is 0.0836. The van der Waals surface area contributed by atoms with Crippen LogP contribution in [0.4, 0.5) is 0 Å². The Morgan fingerprint density at radius 3 is 2.79 bits per heavy atom. The maximum Gasteiger partial charge on any atom is 0.268 e. The van der Waals surface area contributed by atoms with Gasteiger partial charge in [0, 0.05) is 31.2 Å². The van der Waals surface area contributed by atoms with Crippen molar-refractivity contribution in [1.29, 1.82) is 0 Å². The fraction of sp³-hybridized carbons (Fsp3) is 0.700. The number of H-pyrrole nitrogens is 1. The van der Waals surface area contributed by atoms with Crippen LogP contribution in [0.5, 0.6) is 0 Å². The van der Waals surface area contributed by atoms with Gasteiger partial charge in [0.15, 0.2) is 0 Å². The van der Waals surface area contributed by atoms with Gasteiger partial charge in [0.2, 0.25) is 0 Å². The van der Waals surface area contributed by atoms with Crippen molar-refractivity contribution >= 4 is 0 Å². The number of hydrogen-bond acceptors (Lipinski definition) is 2. The molecule has 0 aliphatic carbocycles. The summed E-state index contributed by atoms with van der Waals surface area (Å²) >= 11 is 0. The normalized spacial score (nSPS) is 17.4. The third kappa shape index (κ3) is 1.39. The number of likely N-dealkylation sites (N-methyl/N-ethyl adjacent to an activating group) is 1. The van der Waals surface area contributed by atoms with Crippen molar-refractivity contribution in [1.82, 2.24) is 14.7 Å². The van der Waals surface area contributed by atoms with Gasteiger partial charge in [-0.3, -0.25) is 14.6 Å². The summed E-state index contributed by atoms with van der Waals surface area (Å²) in [4.78, 5) is 13.8. The van der Waals surface area contributed by atoms with Crippen LogP contribution >= 0.6 is 0 Å². The minimum Gasteiger partial charge on any atom is -0.301 e. The van der Waals surface area contributed by atoms with E-state index in [4.69, 9.17) is 0 Å². The van der Waals surface area contributed by atoms with Crippen molar-refractivity contribution in [3.63, 3.8) is 0 Å². The molecule has 0 saturated heterocycles. The lowest BCUT2D eigenvalue weighted by Crippen LogP contribution is -2.29. The van der Waals surface area contributed by atoms with Crippen molar-refractivity contribution in [3.05, 3.63) is 21.6 Å². The third-order valence-electron chi connectivity index (χ3n) is 2.81. The lowest BCUT2D eigenvalue weighted by molar-refractivity contribution is 0.305. The van der Waals surface area contributed by atoms with E-state index in [0.29, 0.717) is 6.04 Å². The second-order valence-electron chi connectivity index (χ2n) is 4.32. The van der Waals surface area contributed by atoms with Crippen molar-refractivity contribution in [2.45, 2.75) is 32.9 Å². The maximum absolute atomic E-state index is 11.6. The number of aromatic amines is 1. The van der Waals surface area contributed by atoms with Gasteiger partial charge in [-0.1, -0.05) is 0 Å². The van der Waals surface area contributed by atoms with E-state index in [1.807, 2.05) is 4.68 Å². The molecule has 4 heteroatoms. The molecule has 0 amide bonds. The summed E-state index contributed by atoms with van der Waals surface area (Å²) in [5, 5.41) is 2.91. The van der Waals surface area contributed by atoms with Crippen molar-refractivity contribution in [2.75, 3.05) is 13.6 Å². The highest BCUT2D eigenvalue weighted by molar-refractivity contribution is 5.21. The van der Waals surface area contributed by atoms with Crippen LogP contribution in [0.1, 0.15) is 31.1 Å². The first-order valence-corrected chi connectivity index (χ1v) is 5.10. The topological polar surface area (TPSA) is 41.0 Å². The Bertz CT molecular complexity index is 389. The van der Waals surface area contributed by atoms with E-state index in [2.05, 4.69) is 30.9 Å². The second kappa shape index (κ2) is 3.28. The summed E-state index contributed by atoms with van der Waals surface area (Å²) in [7, 11) is 2.05. The number of nitrogens with zero attached hydrogens (tertiary/aromatic N) is 2. The average molecular weight is 195 g/mol. The van der Waals surface area contributed by atoms with Crippen LogP contribution in [0.15, 0.2) is 4.79 Å². The highest BCUT2D eigenvalue weighted by Gasteiger charge is 2.21. The molecule has 0 saturated carbocycles. The fourth-order valence-electron chi connectivity index (χ4n) is 2.04. The van der Waals surface area contributed by atoms with Gasteiger partial charge in [0.25, 0.3) is 5.56 Å². The smallest absolute Gasteiger partial charge is 0.268 e. The lowest BCUT2D eigenvalue weighted by Gasteiger charge is -2.23. The van der Waals surface area contributed by atoms with Crippen LogP contribution in [0.3, 0.4) is 0 Å². The summed E-state index contributed by atoms with van der Waals surface area (Å²) < 4.78 is 2.00. The molecule has 0 radical (unpaired) electrons. The zero-order valence-electron chi connectivity index (χ0n) is 9.00. The molecule has 2 heterocycles. The van der Waals surface area contributed by atoms with Crippen LogP contribution in [0, 0.1) is 0 Å². The summed E-state index contributed by atoms with van der Waals surface area (Å²) in [6, 6.07) is 0.342. The van der Waals surface area contributed by atoms with E-state index in [-0.39, 0.29) is 5.56 Å². The Kier molecular flexibility index (Phi) is 2.23. The molecule has 0 bridgehead atoms. The Labute approximate surface area is 83.5 Å². The highest BCUT2D eigenvalue weighted by atomic mass is 16.1. The second-order valence-corrected chi connectivity index (χ2v) is 4.32. The first-order chi connectivity index (χ1) is 6.59. The molecule has 0 aromatic carbocycles. The van der Waals surface area contributed by atoms with E-state index in [1.165, 1.54) is 5.69 Å². The minimum absolute atomic E-state index is 0.0836. The Morgan fingerprint density at radius 1 is 1.43 bits per heavy atom. The van der Waals surface area contributed by atoms with E-state index in [0.717, 1.165) is 25.1 Å². The van der Waals surface area contributed by atoms with Crippen LogP contribution in [0.2, 0.25) is 0 Å². The molecule has 0 atom stereocenters. The molecule has 4 nitrogen and oxygen atoms in total. The monoisotopic (exact) mass is 195 g/mol. The van der Waals surface area contributed by atoms with Gasteiger partial charge >= 0.3 is 0 Å². The molecular formula is C10H17N3O. The molecule has 0 spiro atoms. The van der Waals surface area contributed by atoms with Crippen molar-refractivity contribution in [3.8, 4) is 0 Å². The number of hydrogen-bond donors (Lipinski definition) is 1. The van der Waals surface area contributed by atoms with Gasteiger partial charge < -0.3 is 4.90 Å². The average Bonchev–Trinajstić information content (AvgIpc) is 2.44. The van der Waals surface area contributed by atoms with Crippen LogP contribution in [0.25, 0.3) is 0 Å². The van der Waals surface area contributed by atoms with E-state index >= 15 is 0 Å². The molecule has 0 fully saturated rings. The predicted molar refractivity (Wildman–Crippen MR) is 55.5 cm³/mol. The van der Waals surface area contributed by atoms with Crippen LogP contribution < -0.4 is 5.56 Å². The Hall–Kier alpha value is -1.03. The molecule has 1 aromatic rings. The zero-order chi connectivity index (χ0) is 10.3. The molecule has 78 valence electrons. The molecule has 1 N–H and O–H groups in total. The number of fused-ring (bicyclic) bond motifs is 1. The standard InChI is InChI=1S/C10H17N3O/c1-7(2)13-9-4-5-12(3)6-8(9)10(14)11-13/h7H,4-6H2,1-3H3,(H,11,14). The van der Waals surface area contributed by atoms with Gasteiger partial charge in [-0.05, 0) is 20.9 Å². The SMILES string of the molecule is CC(C)n1[nH]c(=O)c2c1CCN(C)C2. The van der Waals surface area contributed by atoms with E-state index in [9.17, 15) is 4.79 Å². The van der Waals surface area contributed by atoms with Gasteiger partial charge in [0.05, 0.1) is 5.56 Å². The van der Waals surface area contributed by atoms with Crippen LogP contribution in [-0.2, 0) is 13.0 Å².